The summed E-state index contributed by atoms with van der Waals surface area (Å²) in [6, 6.07) is 39.7. The van der Waals surface area contributed by atoms with E-state index in [4.69, 9.17) is 19.3 Å². The van der Waals surface area contributed by atoms with Gasteiger partial charge in [-0.3, -0.25) is 4.57 Å². The normalized spacial score (nSPS) is 14.0. The van der Waals surface area contributed by atoms with E-state index in [1.807, 2.05) is 125 Å². The Labute approximate surface area is 359 Å². The molecule has 3 aromatic heterocycles. The van der Waals surface area contributed by atoms with Crippen molar-refractivity contribution in [3.05, 3.63) is 175 Å². The molecular weight excluding hydrogens is 880 g/mol. The van der Waals surface area contributed by atoms with Crippen molar-refractivity contribution < 1.29 is 40.0 Å². The number of ether oxygens (including phenoxy) is 1. The predicted octanol–water partition coefficient (Wildman–Crippen LogP) is 12.1. The Kier molecular flexibility index (Phi) is 7.97. The maximum absolute atomic E-state index is 8.97. The summed E-state index contributed by atoms with van der Waals surface area (Å²) in [5.74, 6) is 1.44. The van der Waals surface area contributed by atoms with Crippen LogP contribution in [0.4, 0.5) is 0 Å². The molecule has 0 saturated heterocycles. The summed E-state index contributed by atoms with van der Waals surface area (Å²) in [6.45, 7) is 11.9. The first-order valence-electron chi connectivity index (χ1n) is 22.2. The van der Waals surface area contributed by atoms with Gasteiger partial charge in [-0.2, -0.15) is 18.2 Å². The first kappa shape index (κ1) is 30.4. The number of hydrogen-bond acceptors (Lipinski definition) is 2. The van der Waals surface area contributed by atoms with Crippen molar-refractivity contribution in [2.75, 3.05) is 0 Å². The van der Waals surface area contributed by atoms with E-state index in [0.29, 0.717) is 39.8 Å². The van der Waals surface area contributed by atoms with Crippen molar-refractivity contribution in [1.82, 2.24) is 14.1 Å². The van der Waals surface area contributed by atoms with Crippen molar-refractivity contribution >= 4 is 32.8 Å². The summed E-state index contributed by atoms with van der Waals surface area (Å²) in [6.07, 6.45) is 3.59. The van der Waals surface area contributed by atoms with Crippen LogP contribution in [0.15, 0.2) is 146 Å². The zero-order valence-corrected chi connectivity index (χ0v) is 34.8. The second-order valence-electron chi connectivity index (χ2n) is 15.9. The van der Waals surface area contributed by atoms with Crippen molar-refractivity contribution in [3.8, 4) is 39.8 Å². The maximum Gasteiger partial charge on any atom is 0.268 e. The van der Waals surface area contributed by atoms with Gasteiger partial charge in [-0.05, 0) is 68.7 Å². The van der Waals surface area contributed by atoms with Crippen molar-refractivity contribution in [3.63, 3.8) is 0 Å². The number of aromatic nitrogens is 4. The molecule has 9 rings (SSSR count). The Morgan fingerprint density at radius 3 is 2.28 bits per heavy atom. The predicted molar refractivity (Wildman–Crippen MR) is 227 cm³/mol. The third-order valence-corrected chi connectivity index (χ3v) is 9.67. The van der Waals surface area contributed by atoms with Gasteiger partial charge in [0.15, 0.2) is 0 Å². The monoisotopic (exact) mass is 930 g/mol. The van der Waals surface area contributed by atoms with E-state index in [9.17, 15) is 0 Å². The van der Waals surface area contributed by atoms with Crippen LogP contribution >= 0.6 is 0 Å². The molecule has 0 aliphatic carbocycles. The van der Waals surface area contributed by atoms with Crippen molar-refractivity contribution in [2.24, 2.45) is 5.41 Å². The Morgan fingerprint density at radius 1 is 0.754 bits per heavy atom. The number of para-hydroxylation sites is 4. The first-order valence-corrected chi connectivity index (χ1v) is 18.7. The van der Waals surface area contributed by atoms with E-state index in [1.165, 1.54) is 0 Å². The molecule has 0 aliphatic heterocycles. The minimum Gasteiger partial charge on any atom is -0.510 e. The first-order chi connectivity index (χ1) is 29.9. The number of nitrogens with zero attached hydrogens (tertiary/aromatic N) is 4. The summed E-state index contributed by atoms with van der Waals surface area (Å²) in [7, 11) is 0. The molecule has 0 spiro atoms. The van der Waals surface area contributed by atoms with E-state index in [-0.39, 0.29) is 38.7 Å². The molecule has 0 atom stereocenters. The molecule has 0 N–H and O–H groups in total. The van der Waals surface area contributed by atoms with Gasteiger partial charge < -0.3 is 13.9 Å². The standard InChI is InChI=1S/C51H44N4O.Pt/c1-50(2,3)33-35-28-29-52-48(30-35)55-44-23-11-10-20-41(44)42-27-26-39(32-47(42)55)56-38-19-14-18-37(31-38)53-34-54(46-25-13-12-24-45(46)53)49-40(36-16-8-7-9-17-36)21-15-22-43(49)51(4,5)6;/h7-30H,33H2,1-6H3;/q-2;/i7D,8D,9D,16D,17D,33D2;. The van der Waals surface area contributed by atoms with Gasteiger partial charge in [0.05, 0.1) is 23.6 Å². The van der Waals surface area contributed by atoms with E-state index < -0.39 is 35.3 Å². The van der Waals surface area contributed by atoms with Gasteiger partial charge in [0.1, 0.15) is 5.82 Å². The third kappa shape index (κ3) is 7.33. The molecule has 6 aromatic carbocycles. The second-order valence-corrected chi connectivity index (χ2v) is 15.9. The minimum absolute atomic E-state index is 0. The largest absolute Gasteiger partial charge is 0.510 e. The van der Waals surface area contributed by atoms with Crippen LogP contribution in [-0.4, -0.2) is 14.1 Å². The number of rotatable bonds is 7. The Morgan fingerprint density at radius 2 is 1.49 bits per heavy atom. The molecule has 0 saturated carbocycles. The van der Waals surface area contributed by atoms with Gasteiger partial charge >= 0.3 is 0 Å². The smallest absolute Gasteiger partial charge is 0.268 e. The Balaban J connectivity index is 0.00000560. The molecule has 0 fully saturated rings. The van der Waals surface area contributed by atoms with E-state index in [0.717, 1.165) is 38.4 Å². The molecular formula is C51H44N4OPt-2. The fraction of sp³-hybridized carbons (Fsp3) is 0.176. The van der Waals surface area contributed by atoms with Crippen LogP contribution in [0.5, 0.6) is 11.5 Å². The molecule has 0 bridgehead atoms. The number of pyridine rings is 1. The van der Waals surface area contributed by atoms with E-state index in [1.54, 1.807) is 18.3 Å². The third-order valence-electron chi connectivity index (χ3n) is 9.67. The summed E-state index contributed by atoms with van der Waals surface area (Å²) in [4.78, 5) is 4.72. The molecule has 0 radical (unpaired) electrons. The molecule has 0 aliphatic rings. The molecule has 9 aromatic rings. The average molecular weight is 931 g/mol. The molecule has 57 heavy (non-hydrogen) atoms. The summed E-state index contributed by atoms with van der Waals surface area (Å²) < 4.78 is 73.3. The van der Waals surface area contributed by atoms with Crippen molar-refractivity contribution in [2.45, 2.75) is 53.3 Å². The quantitative estimate of drug-likeness (QED) is 0.118. The van der Waals surface area contributed by atoms with Crippen molar-refractivity contribution in [1.29, 1.82) is 0 Å². The Hall–Kier alpha value is -5.77. The summed E-state index contributed by atoms with van der Waals surface area (Å²) in [5.41, 5.74) is 5.46. The molecule has 0 amide bonds. The molecule has 6 heteroatoms. The van der Waals surface area contributed by atoms with E-state index in [2.05, 4.69) is 45.3 Å². The van der Waals surface area contributed by atoms with Gasteiger partial charge in [0.2, 0.25) is 0 Å². The summed E-state index contributed by atoms with van der Waals surface area (Å²) in [5, 5.41) is 1.94. The van der Waals surface area contributed by atoms with Crippen LogP contribution in [0.2, 0.25) is 0 Å². The second kappa shape index (κ2) is 15.0. The molecule has 286 valence electrons. The van der Waals surface area contributed by atoms with Crippen LogP contribution < -0.4 is 9.30 Å². The van der Waals surface area contributed by atoms with Gasteiger partial charge in [-0.1, -0.05) is 138 Å². The minimum atomic E-state index is -1.62. The number of hydrogen-bond donors (Lipinski definition) is 0. The van der Waals surface area contributed by atoms with Crippen LogP contribution in [0.3, 0.4) is 0 Å². The fourth-order valence-electron chi connectivity index (χ4n) is 7.35. The maximum atomic E-state index is 8.97. The van der Waals surface area contributed by atoms with Crippen LogP contribution in [0.1, 0.15) is 62.3 Å². The zero-order valence-electron chi connectivity index (χ0n) is 39.5. The fourth-order valence-corrected chi connectivity index (χ4v) is 7.35. The van der Waals surface area contributed by atoms with E-state index >= 15 is 0 Å². The summed E-state index contributed by atoms with van der Waals surface area (Å²) >= 11 is 0. The average Bonchev–Trinajstić information content (AvgIpc) is 3.80. The molecule has 0 unspecified atom stereocenters. The van der Waals surface area contributed by atoms with Gasteiger partial charge in [0, 0.05) is 47.0 Å². The molecule has 5 nitrogen and oxygen atoms in total. The number of fused-ring (bicyclic) bond motifs is 4. The van der Waals surface area contributed by atoms with Crippen LogP contribution in [0, 0.1) is 23.9 Å². The Bertz CT molecular complexity index is 3260. The SMILES string of the molecule is [2H]c1c([2H])c([2H])c(-c2cccc(C(C)(C)C)c2-[n+]2[c-]n(-c3[c-]c(Oc4[c-]c5c(cc4)c4ccccc4n5-c4cc(C([2H])([2H])C(C)(C)C)ccn4)ccc3)c3ccccc32)c([2H])c1[2H].[Pt]. The zero-order chi connectivity index (χ0) is 44.7. The topological polar surface area (TPSA) is 35.9 Å². The van der Waals surface area contributed by atoms with Gasteiger partial charge in [-0.15, -0.1) is 29.7 Å². The molecule has 3 heterocycles. The number of imidazole rings is 1. The van der Waals surface area contributed by atoms with Gasteiger partial charge in [-0.25, -0.2) is 4.98 Å². The van der Waals surface area contributed by atoms with Crippen LogP contribution in [-0.2, 0) is 32.9 Å². The van der Waals surface area contributed by atoms with Crippen LogP contribution in [0.25, 0.3) is 61.2 Å². The van der Waals surface area contributed by atoms with Gasteiger partial charge in [0.25, 0.3) is 6.33 Å². The number of benzene rings is 6.